The lowest BCUT2D eigenvalue weighted by Crippen LogP contribution is -2.23. The molecular formula is C45H65N17O17S4. The van der Waals surface area contributed by atoms with Crippen LogP contribution in [-0.4, -0.2) is 120 Å². The Labute approximate surface area is 489 Å². The number of oxime groups is 1. The van der Waals surface area contributed by atoms with E-state index in [9.17, 15) is 37.8 Å². The van der Waals surface area contributed by atoms with Crippen LogP contribution in [0.25, 0.3) is 0 Å². The molecule has 11 rings (SSSR count). The maximum Gasteiger partial charge on any atom is 0.440 e. The second-order valence-corrected chi connectivity index (χ2v) is 20.8. The molecule has 2 aromatic rings. The summed E-state index contributed by atoms with van der Waals surface area (Å²) in [5.74, 6) is -0.354. The van der Waals surface area contributed by atoms with E-state index in [1.807, 2.05) is 25.8 Å². The van der Waals surface area contributed by atoms with Gasteiger partial charge in [-0.1, -0.05) is 72.4 Å². The third-order valence-corrected chi connectivity index (χ3v) is 12.3. The fraction of sp³-hybridized carbons (Fsp3) is 0.400. The number of amidine groups is 1. The van der Waals surface area contributed by atoms with E-state index in [0.29, 0.717) is 46.7 Å². The van der Waals surface area contributed by atoms with Crippen LogP contribution >= 0.6 is 35.7 Å². The number of aromatic nitrogens is 4. The summed E-state index contributed by atoms with van der Waals surface area (Å²) in [5.41, 5.74) is 9.55. The number of hydrogen-bond acceptors (Lipinski definition) is 29. The number of carbonyl (C=O) groups excluding carboxylic acids is 4. The van der Waals surface area contributed by atoms with E-state index in [0.717, 1.165) is 43.4 Å². The van der Waals surface area contributed by atoms with Gasteiger partial charge in [-0.25, -0.2) is 44.1 Å². The molecule has 9 aliphatic heterocycles. The largest absolute Gasteiger partial charge is 0.505 e. The Morgan fingerprint density at radius 3 is 1.55 bits per heavy atom. The number of aromatic amines is 2. The quantitative estimate of drug-likeness (QED) is 0.130. The number of ether oxygens (including phenoxy) is 3. The number of urea groups is 1. The van der Waals surface area contributed by atoms with Gasteiger partial charge in [0.15, 0.2) is 5.76 Å². The molecule has 4 amide bonds. The predicted molar refractivity (Wildman–Crippen MR) is 312 cm³/mol. The first kappa shape index (κ1) is 72.0. The van der Waals surface area contributed by atoms with Crippen molar-refractivity contribution in [3.8, 4) is 0 Å². The zero-order chi connectivity index (χ0) is 63.3. The highest BCUT2D eigenvalue weighted by molar-refractivity contribution is 8.23. The number of esters is 1. The van der Waals surface area contributed by atoms with Gasteiger partial charge in [-0.15, -0.1) is 10.2 Å². The number of H-pyrrole nitrogens is 2. The van der Waals surface area contributed by atoms with E-state index >= 15 is 0 Å². The van der Waals surface area contributed by atoms with Crippen LogP contribution < -0.4 is 54.7 Å². The van der Waals surface area contributed by atoms with Crippen LogP contribution in [0.4, 0.5) is 14.4 Å². The Hall–Kier alpha value is -9.04. The van der Waals surface area contributed by atoms with Gasteiger partial charge in [-0.2, -0.15) is 14.8 Å². The van der Waals surface area contributed by atoms with Crippen LogP contribution in [0.3, 0.4) is 0 Å². The van der Waals surface area contributed by atoms with E-state index in [1.165, 1.54) is 25.7 Å². The summed E-state index contributed by atoms with van der Waals surface area (Å²) in [6.45, 7) is 40.1. The lowest BCUT2D eigenvalue weighted by Gasteiger charge is -1.96. The fourth-order valence-electron chi connectivity index (χ4n) is 4.58. The molecule has 0 saturated carbocycles. The van der Waals surface area contributed by atoms with Gasteiger partial charge in [-0.05, 0) is 80.7 Å². The molecule has 38 heteroatoms. The first-order valence-electron chi connectivity index (χ1n) is 23.4. The third-order valence-electron chi connectivity index (χ3n) is 9.10. The molecular weight excluding hydrogens is 1180 g/mol. The van der Waals surface area contributed by atoms with Crippen molar-refractivity contribution < 1.29 is 66.0 Å². The van der Waals surface area contributed by atoms with Gasteiger partial charge in [-0.3, -0.25) is 28.7 Å². The molecule has 11 N–H and O–H groups in total. The number of alkyl carbamates (subject to hydrolysis) is 1. The smallest absolute Gasteiger partial charge is 0.440 e. The number of aryl methyl sites for hydroxylation is 2. The topological polar surface area (TPSA) is 457 Å². The number of hydrogen-bond donors (Lipinski definition) is 11. The number of nitrogens with one attached hydrogen (secondary N) is 9. The number of carbonyl (C=O) groups is 4. The number of aliphatic hydroxyl groups is 2. The Morgan fingerprint density at radius 1 is 0.783 bits per heavy atom. The average molecular weight is 1240 g/mol. The van der Waals surface area contributed by atoms with Crippen molar-refractivity contribution in [3.05, 3.63) is 123 Å². The highest BCUT2D eigenvalue weighted by Gasteiger charge is 2.32. The standard InChI is InChI=1S/C5H8N2O.C5H7NO2.C5H7NOS.C5H7NS2.C5H6O4.2C4H6N2O.C3H5N3.C3H4N2O3.C3H4N2O2.C3H5NO2S/c1-3-4(2)7-5(8)6-3;3*1-3-4(2)8-5(7)6-3;1-2-3(6)5(8)9-4(2)7;1-3-5-6-4(2)7-3;1-3-5-4(2)7-6-3;1-3-2-4-6-5-3;1-5-2(6)4-3(7)8-5;1-2-4-3(6)7-5-2;1-3-2-7(5)6-4-3/h4H,1H2,2H3,(H2,6,7,8);3*4H,1H2,2H3,(H,6,7);2,6,8H,1H3;5H,1H2,2H3;2H2,1H3,(H,5,6);2H2,1H3;1H3,(H,4,6,7);1H3,(H,4,5,6);2H2,1H3. The number of hydroxylamine groups is 1. The number of thiocarbonyl (C=S) groups is 1. The van der Waals surface area contributed by atoms with Crippen molar-refractivity contribution in [2.24, 2.45) is 43.7 Å². The highest BCUT2D eigenvalue weighted by atomic mass is 32.2. The summed E-state index contributed by atoms with van der Waals surface area (Å²) in [7, 11) is 1.35. The minimum Gasteiger partial charge on any atom is -0.505 e. The predicted octanol–water partition coefficient (Wildman–Crippen LogP) is 4.19. The summed E-state index contributed by atoms with van der Waals surface area (Å²) < 4.78 is 38.1. The molecule has 0 radical (unpaired) electrons. The van der Waals surface area contributed by atoms with Gasteiger partial charge in [0.05, 0.1) is 35.5 Å². The van der Waals surface area contributed by atoms with Crippen molar-refractivity contribution in [2.45, 2.75) is 91.9 Å². The highest BCUT2D eigenvalue weighted by Crippen LogP contribution is 2.24. The number of aliphatic hydroxyl groups excluding tert-OH is 2. The van der Waals surface area contributed by atoms with Crippen molar-refractivity contribution in [1.82, 2.24) is 57.4 Å². The van der Waals surface area contributed by atoms with Gasteiger partial charge >= 0.3 is 41.2 Å². The van der Waals surface area contributed by atoms with Crippen molar-refractivity contribution in [1.29, 1.82) is 0 Å². The minimum absolute atomic E-state index is 0.0162. The molecule has 0 bridgehead atoms. The second kappa shape index (κ2) is 36.3. The Bertz CT molecular complexity index is 2960. The van der Waals surface area contributed by atoms with Gasteiger partial charge in [0.1, 0.15) is 40.3 Å². The number of thioether (sulfide) groups is 2. The molecule has 4 saturated heterocycles. The van der Waals surface area contributed by atoms with Gasteiger partial charge in [0.25, 0.3) is 5.24 Å². The SMILES string of the molecule is C=C1N=C(C)NO1.C=C1NC(=O)NC1C.C=C1NC(=O)OC1C.C=C1NC(=O)SC1C.C=C1NC(=S)SC1C.C=C1NN=C(C)O1.CC1=NN=NC1.CC1=NOS(=O)C1.CC1C(=O)OC(O)=C1O.Cc1noc(=O)[nH]1.Cn1oc(=O)[nH]c1=O. The molecule has 4 fully saturated rings. The summed E-state index contributed by atoms with van der Waals surface area (Å²) in [6.07, 6.45) is -0.565. The summed E-state index contributed by atoms with van der Waals surface area (Å²) in [6, 6.07) is -0.0648. The summed E-state index contributed by atoms with van der Waals surface area (Å²) in [5, 5.41) is 52.0. The lowest BCUT2D eigenvalue weighted by molar-refractivity contribution is -0.142. The molecule has 2 aromatic heterocycles. The molecule has 9 aliphatic rings. The summed E-state index contributed by atoms with van der Waals surface area (Å²) in [4.78, 5) is 84.4. The Morgan fingerprint density at radius 2 is 1.42 bits per heavy atom. The first-order valence-corrected chi connectivity index (χ1v) is 26.8. The lowest BCUT2D eigenvalue weighted by atomic mass is 10.2. The van der Waals surface area contributed by atoms with Gasteiger partial charge < -0.3 is 55.1 Å². The molecule has 83 heavy (non-hydrogen) atoms. The van der Waals surface area contributed by atoms with Crippen LogP contribution in [0.5, 0.6) is 0 Å². The van der Waals surface area contributed by atoms with E-state index in [1.54, 1.807) is 46.4 Å². The molecule has 0 aliphatic carbocycles. The van der Waals surface area contributed by atoms with Gasteiger partial charge in [0, 0.05) is 29.3 Å². The van der Waals surface area contributed by atoms with Crippen molar-refractivity contribution in [3.63, 3.8) is 0 Å². The van der Waals surface area contributed by atoms with E-state index < -0.39 is 52.2 Å². The van der Waals surface area contributed by atoms with E-state index in [-0.39, 0.29) is 34.4 Å². The van der Waals surface area contributed by atoms with Gasteiger partial charge in [0.2, 0.25) is 28.7 Å². The molecule has 456 valence electrons. The normalized spacial score (nSPS) is 22.2. The second-order valence-electron chi connectivity index (χ2n) is 16.4. The van der Waals surface area contributed by atoms with Crippen molar-refractivity contribution >= 4 is 97.6 Å². The van der Waals surface area contributed by atoms with Crippen LogP contribution in [0.15, 0.2) is 140 Å². The number of cyclic esters (lactones) is 2. The molecule has 0 aromatic carbocycles. The number of hydrazone groups is 1. The number of nitrogens with zero attached hydrogens (tertiary/aromatic N) is 8. The Balaban J connectivity index is 0.000000457. The fourth-order valence-corrected chi connectivity index (χ4v) is 7.22. The molecule has 0 spiro atoms. The van der Waals surface area contributed by atoms with Crippen LogP contribution in [0, 0.1) is 12.8 Å². The third kappa shape index (κ3) is 30.4. The average Bonchev–Trinajstić information content (AvgIpc) is 4.36. The zero-order valence-electron chi connectivity index (χ0n) is 46.8. The number of aliphatic imine (C=N–C) groups is 1. The van der Waals surface area contributed by atoms with Crippen LogP contribution in [-0.2, 0) is 46.3 Å². The first-order chi connectivity index (χ1) is 38.7. The maximum absolute atomic E-state index is 10.5. The maximum atomic E-state index is 10.5. The minimum atomic E-state index is -1.16. The number of rotatable bonds is 0. The van der Waals surface area contributed by atoms with Crippen LogP contribution in [0.2, 0.25) is 0 Å². The van der Waals surface area contributed by atoms with E-state index in [2.05, 4.69) is 152 Å². The van der Waals surface area contributed by atoms with Crippen LogP contribution in [0.1, 0.15) is 68.1 Å². The monoisotopic (exact) mass is 1240 g/mol. The van der Waals surface area contributed by atoms with Crippen molar-refractivity contribution in [2.75, 3.05) is 12.3 Å². The molecule has 6 atom stereocenters. The molecule has 34 nitrogen and oxygen atoms in total. The zero-order valence-corrected chi connectivity index (χ0v) is 50.0. The summed E-state index contributed by atoms with van der Waals surface area (Å²) >= 11 is 6.64. The number of amides is 4. The van der Waals surface area contributed by atoms with E-state index in [4.69, 9.17) is 27.2 Å². The Kier molecular flexibility index (Phi) is 31.5. The molecule has 11 heterocycles. The molecule has 6 unspecified atom stereocenters.